The van der Waals surface area contributed by atoms with Gasteiger partial charge >= 0.3 is 11.8 Å². The third kappa shape index (κ3) is 3.43. The van der Waals surface area contributed by atoms with Crippen LogP contribution < -0.4 is 5.43 Å². The van der Waals surface area contributed by atoms with E-state index in [1.165, 1.54) is 6.42 Å². The van der Waals surface area contributed by atoms with Crippen molar-refractivity contribution in [3.63, 3.8) is 0 Å². The highest BCUT2D eigenvalue weighted by molar-refractivity contribution is 6.34. The van der Waals surface area contributed by atoms with Crippen LogP contribution in [0.4, 0.5) is 0 Å². The van der Waals surface area contributed by atoms with Crippen LogP contribution in [0.1, 0.15) is 38.5 Å². The molecule has 2 aliphatic heterocycles. The zero-order valence-corrected chi connectivity index (χ0v) is 10.3. The summed E-state index contributed by atoms with van der Waals surface area (Å²) in [5, 5.41) is 1.87. The monoisotopic (exact) mass is 239 g/mol. The molecule has 0 aliphatic carbocycles. The first-order valence-corrected chi connectivity index (χ1v) is 6.62. The van der Waals surface area contributed by atoms with Crippen molar-refractivity contribution in [1.29, 1.82) is 0 Å². The Balaban J connectivity index is 1.79. The number of hydrogen-bond donors (Lipinski definition) is 1. The molecule has 17 heavy (non-hydrogen) atoms. The number of rotatable bonds is 1. The van der Waals surface area contributed by atoms with Crippen molar-refractivity contribution in [3.05, 3.63) is 0 Å². The summed E-state index contributed by atoms with van der Waals surface area (Å²) < 4.78 is 0. The van der Waals surface area contributed by atoms with Gasteiger partial charge in [-0.2, -0.15) is 0 Å². The van der Waals surface area contributed by atoms with Crippen LogP contribution in [-0.2, 0) is 9.59 Å². The zero-order chi connectivity index (χ0) is 12.1. The SMILES string of the molecule is O=C(NN1CCCCC1)C(=O)N1CCCCC1. The van der Waals surface area contributed by atoms with Crippen LogP contribution in [0.5, 0.6) is 0 Å². The second-order valence-corrected chi connectivity index (χ2v) is 4.84. The van der Waals surface area contributed by atoms with E-state index in [0.717, 1.165) is 58.3 Å². The summed E-state index contributed by atoms with van der Waals surface area (Å²) >= 11 is 0. The molecule has 96 valence electrons. The molecule has 0 atom stereocenters. The van der Waals surface area contributed by atoms with E-state index in [4.69, 9.17) is 0 Å². The van der Waals surface area contributed by atoms with Gasteiger partial charge in [-0.15, -0.1) is 0 Å². The van der Waals surface area contributed by atoms with Crippen LogP contribution in [0.2, 0.25) is 0 Å². The van der Waals surface area contributed by atoms with Crippen molar-refractivity contribution in [2.75, 3.05) is 26.2 Å². The lowest BCUT2D eigenvalue weighted by atomic mass is 10.1. The molecule has 0 radical (unpaired) electrons. The van der Waals surface area contributed by atoms with Gasteiger partial charge in [-0.1, -0.05) is 6.42 Å². The summed E-state index contributed by atoms with van der Waals surface area (Å²) in [5.41, 5.74) is 2.72. The van der Waals surface area contributed by atoms with Crippen molar-refractivity contribution >= 4 is 11.8 Å². The van der Waals surface area contributed by atoms with Gasteiger partial charge < -0.3 is 4.90 Å². The van der Waals surface area contributed by atoms with Gasteiger partial charge in [0.1, 0.15) is 0 Å². The lowest BCUT2D eigenvalue weighted by Crippen LogP contribution is -2.52. The molecular formula is C12H21N3O2. The lowest BCUT2D eigenvalue weighted by Gasteiger charge is -2.29. The molecule has 0 aromatic carbocycles. The average Bonchev–Trinajstić information content (AvgIpc) is 2.40. The van der Waals surface area contributed by atoms with Crippen molar-refractivity contribution in [2.24, 2.45) is 0 Å². The third-order valence-corrected chi connectivity index (χ3v) is 3.45. The Morgan fingerprint density at radius 2 is 1.29 bits per heavy atom. The van der Waals surface area contributed by atoms with E-state index >= 15 is 0 Å². The van der Waals surface area contributed by atoms with Crippen LogP contribution in [0.25, 0.3) is 0 Å². The number of amides is 2. The number of hydrogen-bond acceptors (Lipinski definition) is 3. The van der Waals surface area contributed by atoms with Gasteiger partial charge in [0, 0.05) is 26.2 Å². The Morgan fingerprint density at radius 3 is 1.88 bits per heavy atom. The number of nitrogens with one attached hydrogen (secondary N) is 1. The fraction of sp³-hybridized carbons (Fsp3) is 0.833. The Bertz CT molecular complexity index is 281. The summed E-state index contributed by atoms with van der Waals surface area (Å²) in [7, 11) is 0. The first-order chi connectivity index (χ1) is 8.27. The maximum atomic E-state index is 11.9. The summed E-state index contributed by atoms with van der Waals surface area (Å²) in [4.78, 5) is 25.3. The molecule has 2 rings (SSSR count). The minimum atomic E-state index is -0.464. The van der Waals surface area contributed by atoms with Gasteiger partial charge in [0.25, 0.3) is 0 Å². The minimum Gasteiger partial charge on any atom is -0.334 e. The predicted octanol–water partition coefficient (Wildman–Crippen LogP) is 0.516. The fourth-order valence-electron chi connectivity index (χ4n) is 2.44. The molecule has 0 saturated carbocycles. The van der Waals surface area contributed by atoms with Crippen LogP contribution in [0.3, 0.4) is 0 Å². The molecule has 0 spiro atoms. The molecule has 1 N–H and O–H groups in total. The summed E-state index contributed by atoms with van der Waals surface area (Å²) in [6, 6.07) is 0. The van der Waals surface area contributed by atoms with Crippen LogP contribution >= 0.6 is 0 Å². The van der Waals surface area contributed by atoms with Crippen molar-refractivity contribution in [3.8, 4) is 0 Å². The van der Waals surface area contributed by atoms with Gasteiger partial charge in [-0.3, -0.25) is 15.0 Å². The molecule has 2 saturated heterocycles. The standard InChI is InChI=1S/C12H21N3O2/c16-11(13-15-9-5-2-6-10-15)12(17)14-7-3-1-4-8-14/h1-10H2,(H,13,16). The fourth-order valence-corrected chi connectivity index (χ4v) is 2.44. The van der Waals surface area contributed by atoms with E-state index < -0.39 is 5.91 Å². The molecule has 0 bridgehead atoms. The van der Waals surface area contributed by atoms with Crippen LogP contribution in [-0.4, -0.2) is 47.9 Å². The Labute approximate surface area is 102 Å². The van der Waals surface area contributed by atoms with Gasteiger partial charge in [0.2, 0.25) is 0 Å². The minimum absolute atomic E-state index is 0.365. The zero-order valence-electron chi connectivity index (χ0n) is 10.3. The summed E-state index contributed by atoms with van der Waals surface area (Å²) in [6.07, 6.45) is 6.60. The molecule has 0 unspecified atom stereocenters. The Kier molecular flexibility index (Phi) is 4.36. The first kappa shape index (κ1) is 12.4. The second-order valence-electron chi connectivity index (χ2n) is 4.84. The van der Waals surface area contributed by atoms with Gasteiger partial charge in [-0.25, -0.2) is 5.01 Å². The quantitative estimate of drug-likeness (QED) is 0.679. The van der Waals surface area contributed by atoms with E-state index in [-0.39, 0.29) is 5.91 Å². The molecule has 2 fully saturated rings. The van der Waals surface area contributed by atoms with Gasteiger partial charge in [0.05, 0.1) is 0 Å². The maximum Gasteiger partial charge on any atom is 0.323 e. The number of piperidine rings is 2. The number of carbonyl (C=O) groups is 2. The van der Waals surface area contributed by atoms with Crippen molar-refractivity contribution in [2.45, 2.75) is 38.5 Å². The van der Waals surface area contributed by atoms with Gasteiger partial charge in [-0.05, 0) is 32.1 Å². The lowest BCUT2D eigenvalue weighted by molar-refractivity contribution is -0.149. The maximum absolute atomic E-state index is 11.9. The number of hydrazine groups is 1. The van der Waals surface area contributed by atoms with Crippen molar-refractivity contribution in [1.82, 2.24) is 15.3 Å². The average molecular weight is 239 g/mol. The largest absolute Gasteiger partial charge is 0.334 e. The predicted molar refractivity (Wildman–Crippen MR) is 64.0 cm³/mol. The first-order valence-electron chi connectivity index (χ1n) is 6.62. The van der Waals surface area contributed by atoms with Crippen LogP contribution in [0, 0.1) is 0 Å². The number of nitrogens with zero attached hydrogens (tertiary/aromatic N) is 2. The number of likely N-dealkylation sites (tertiary alicyclic amines) is 1. The van der Waals surface area contributed by atoms with Crippen LogP contribution in [0.15, 0.2) is 0 Å². The molecule has 2 heterocycles. The van der Waals surface area contributed by atoms with E-state index in [1.54, 1.807) is 4.90 Å². The molecular weight excluding hydrogens is 218 g/mol. The van der Waals surface area contributed by atoms with Crippen molar-refractivity contribution < 1.29 is 9.59 Å². The summed E-state index contributed by atoms with van der Waals surface area (Å²) in [5.74, 6) is -0.830. The molecule has 0 aromatic heterocycles. The molecule has 0 aromatic rings. The highest BCUT2D eigenvalue weighted by Gasteiger charge is 2.25. The Hall–Kier alpha value is -1.10. The van der Waals surface area contributed by atoms with Gasteiger partial charge in [0.15, 0.2) is 0 Å². The van der Waals surface area contributed by atoms with E-state index in [9.17, 15) is 9.59 Å². The molecule has 2 aliphatic rings. The third-order valence-electron chi connectivity index (χ3n) is 3.45. The molecule has 5 heteroatoms. The highest BCUT2D eigenvalue weighted by atomic mass is 16.2. The van der Waals surface area contributed by atoms with E-state index in [1.807, 2.05) is 5.01 Å². The summed E-state index contributed by atoms with van der Waals surface area (Å²) in [6.45, 7) is 3.18. The Morgan fingerprint density at radius 1 is 0.765 bits per heavy atom. The normalized spacial score (nSPS) is 22.2. The highest BCUT2D eigenvalue weighted by Crippen LogP contribution is 2.09. The van der Waals surface area contributed by atoms with E-state index in [2.05, 4.69) is 5.43 Å². The molecule has 2 amide bonds. The number of carbonyl (C=O) groups excluding carboxylic acids is 2. The smallest absolute Gasteiger partial charge is 0.323 e. The second kappa shape index (κ2) is 6.00. The van der Waals surface area contributed by atoms with E-state index in [0.29, 0.717) is 0 Å². The topological polar surface area (TPSA) is 52.7 Å². The molecule has 5 nitrogen and oxygen atoms in total.